The number of carbonyl (C=O) groups is 1. The van der Waals surface area contributed by atoms with E-state index in [0.717, 1.165) is 28.2 Å². The van der Waals surface area contributed by atoms with E-state index in [1.165, 1.54) is 0 Å². The fourth-order valence-electron chi connectivity index (χ4n) is 3.24. The molecule has 0 aliphatic heterocycles. The van der Waals surface area contributed by atoms with Gasteiger partial charge in [-0.3, -0.25) is 4.79 Å². The lowest BCUT2D eigenvalue weighted by molar-refractivity contribution is -0.137. The van der Waals surface area contributed by atoms with Crippen LogP contribution in [0.15, 0.2) is 54.6 Å². The molecule has 0 saturated carbocycles. The van der Waals surface area contributed by atoms with Gasteiger partial charge < -0.3 is 5.11 Å². The predicted octanol–water partition coefficient (Wildman–Crippen LogP) is 4.75. The number of nitrogens with zero attached hydrogens (tertiary/aromatic N) is 2. The zero-order valence-electron chi connectivity index (χ0n) is 14.1. The lowest BCUT2D eigenvalue weighted by atomic mass is 9.87. The summed E-state index contributed by atoms with van der Waals surface area (Å²) in [6.45, 7) is 3.90. The van der Waals surface area contributed by atoms with Gasteiger partial charge in [0.15, 0.2) is 0 Å². The predicted molar refractivity (Wildman–Crippen MR) is 98.6 cm³/mol. The van der Waals surface area contributed by atoms with Crippen LogP contribution >= 0.6 is 11.6 Å². The Kier molecular flexibility index (Phi) is 4.91. The van der Waals surface area contributed by atoms with Crippen LogP contribution in [0.4, 0.5) is 0 Å². The van der Waals surface area contributed by atoms with Crippen molar-refractivity contribution in [3.05, 3.63) is 82.1 Å². The van der Waals surface area contributed by atoms with Crippen molar-refractivity contribution in [2.75, 3.05) is 0 Å². The molecule has 0 spiro atoms. The first kappa shape index (κ1) is 17.2. The van der Waals surface area contributed by atoms with Crippen molar-refractivity contribution in [1.82, 2.24) is 9.78 Å². The van der Waals surface area contributed by atoms with Gasteiger partial charge in [-0.25, -0.2) is 4.68 Å². The average molecular weight is 355 g/mol. The minimum atomic E-state index is -0.841. The second-order valence-corrected chi connectivity index (χ2v) is 6.47. The van der Waals surface area contributed by atoms with Crippen molar-refractivity contribution in [2.24, 2.45) is 0 Å². The van der Waals surface area contributed by atoms with Gasteiger partial charge in [-0.1, -0.05) is 41.9 Å². The molecule has 25 heavy (non-hydrogen) atoms. The molecule has 1 aromatic heterocycles. The van der Waals surface area contributed by atoms with Crippen LogP contribution in [0.3, 0.4) is 0 Å². The summed E-state index contributed by atoms with van der Waals surface area (Å²) in [5, 5.41) is 14.7. The fraction of sp³-hybridized carbons (Fsp3) is 0.200. The van der Waals surface area contributed by atoms with Crippen LogP contribution < -0.4 is 0 Å². The Balaban J connectivity index is 2.12. The summed E-state index contributed by atoms with van der Waals surface area (Å²) in [5.74, 6) is -1.11. The molecule has 0 aliphatic carbocycles. The quantitative estimate of drug-likeness (QED) is 0.719. The van der Waals surface area contributed by atoms with E-state index in [2.05, 4.69) is 5.10 Å². The number of aromatic nitrogens is 2. The molecule has 0 amide bonds. The Morgan fingerprint density at radius 3 is 2.36 bits per heavy atom. The highest BCUT2D eigenvalue weighted by Crippen LogP contribution is 2.34. The van der Waals surface area contributed by atoms with Crippen LogP contribution in [0.5, 0.6) is 0 Å². The van der Waals surface area contributed by atoms with Gasteiger partial charge in [0.2, 0.25) is 0 Å². The summed E-state index contributed by atoms with van der Waals surface area (Å²) in [6, 6.07) is 17.2. The van der Waals surface area contributed by atoms with Crippen molar-refractivity contribution in [3.63, 3.8) is 0 Å². The van der Waals surface area contributed by atoms with E-state index in [-0.39, 0.29) is 12.3 Å². The second kappa shape index (κ2) is 7.11. The number of carboxylic acids is 1. The van der Waals surface area contributed by atoms with E-state index < -0.39 is 5.97 Å². The number of aliphatic carboxylic acids is 1. The van der Waals surface area contributed by atoms with Gasteiger partial charge in [0.1, 0.15) is 0 Å². The van der Waals surface area contributed by atoms with Crippen molar-refractivity contribution >= 4 is 17.6 Å². The molecule has 0 radical (unpaired) electrons. The molecular formula is C20H19ClN2O2. The highest BCUT2D eigenvalue weighted by Gasteiger charge is 2.25. The van der Waals surface area contributed by atoms with Crippen molar-refractivity contribution < 1.29 is 9.90 Å². The summed E-state index contributed by atoms with van der Waals surface area (Å²) < 4.78 is 1.87. The Morgan fingerprint density at radius 2 is 1.76 bits per heavy atom. The smallest absolute Gasteiger partial charge is 0.304 e. The molecule has 0 saturated heterocycles. The minimum absolute atomic E-state index is 0.00377. The van der Waals surface area contributed by atoms with E-state index in [4.69, 9.17) is 11.6 Å². The first-order chi connectivity index (χ1) is 12.0. The molecule has 1 heterocycles. The zero-order valence-corrected chi connectivity index (χ0v) is 14.9. The van der Waals surface area contributed by atoms with Crippen molar-refractivity contribution in [3.8, 4) is 5.69 Å². The number of para-hydroxylation sites is 1. The fourth-order valence-corrected chi connectivity index (χ4v) is 3.36. The lowest BCUT2D eigenvalue weighted by Gasteiger charge is -2.17. The van der Waals surface area contributed by atoms with Gasteiger partial charge in [0, 0.05) is 22.2 Å². The normalized spacial score (nSPS) is 12.1. The van der Waals surface area contributed by atoms with Crippen LogP contribution in [0.1, 0.15) is 34.9 Å². The number of halogens is 1. The zero-order chi connectivity index (χ0) is 18.0. The van der Waals surface area contributed by atoms with Crippen LogP contribution in [-0.2, 0) is 4.79 Å². The maximum atomic E-state index is 11.5. The molecule has 1 unspecified atom stereocenters. The molecule has 4 nitrogen and oxygen atoms in total. The number of hydrogen-bond acceptors (Lipinski definition) is 2. The van der Waals surface area contributed by atoms with Gasteiger partial charge in [-0.05, 0) is 43.7 Å². The van der Waals surface area contributed by atoms with Crippen molar-refractivity contribution in [1.29, 1.82) is 0 Å². The Morgan fingerprint density at radius 1 is 1.12 bits per heavy atom. The summed E-state index contributed by atoms with van der Waals surface area (Å²) >= 11 is 5.98. The Hall–Kier alpha value is -2.59. The van der Waals surface area contributed by atoms with Crippen LogP contribution in [0.25, 0.3) is 5.69 Å². The molecular weight excluding hydrogens is 336 g/mol. The van der Waals surface area contributed by atoms with Gasteiger partial charge in [-0.15, -0.1) is 0 Å². The molecule has 0 fully saturated rings. The van der Waals surface area contributed by atoms with Gasteiger partial charge in [-0.2, -0.15) is 5.10 Å². The van der Waals surface area contributed by atoms with E-state index in [9.17, 15) is 9.90 Å². The third kappa shape index (κ3) is 3.59. The van der Waals surface area contributed by atoms with Crippen LogP contribution in [0, 0.1) is 13.8 Å². The molecule has 2 aromatic carbocycles. The second-order valence-electron chi connectivity index (χ2n) is 6.03. The molecule has 1 atom stereocenters. The summed E-state index contributed by atoms with van der Waals surface area (Å²) in [6.07, 6.45) is 0.00377. The lowest BCUT2D eigenvalue weighted by Crippen LogP contribution is -2.10. The first-order valence-corrected chi connectivity index (χ1v) is 8.44. The molecule has 1 N–H and O–H groups in total. The van der Waals surface area contributed by atoms with Gasteiger partial charge in [0.05, 0.1) is 17.8 Å². The Labute approximate surface area is 151 Å². The monoisotopic (exact) mass is 354 g/mol. The first-order valence-electron chi connectivity index (χ1n) is 8.06. The highest BCUT2D eigenvalue weighted by atomic mass is 35.5. The highest BCUT2D eigenvalue weighted by molar-refractivity contribution is 6.30. The van der Waals surface area contributed by atoms with E-state index in [0.29, 0.717) is 5.02 Å². The topological polar surface area (TPSA) is 55.1 Å². The largest absolute Gasteiger partial charge is 0.481 e. The maximum Gasteiger partial charge on any atom is 0.304 e. The number of aryl methyl sites for hydroxylation is 1. The third-order valence-corrected chi connectivity index (χ3v) is 4.60. The number of hydrogen-bond donors (Lipinski definition) is 1. The number of benzene rings is 2. The van der Waals surface area contributed by atoms with E-state index in [1.807, 2.05) is 61.0 Å². The molecule has 128 valence electrons. The number of rotatable bonds is 5. The Bertz CT molecular complexity index is 886. The third-order valence-electron chi connectivity index (χ3n) is 4.35. The molecule has 5 heteroatoms. The standard InChI is InChI=1S/C20H19ClN2O2/c1-13-20(14(2)23(22-13)17-6-4-3-5-7-17)18(12-19(24)25)15-8-10-16(21)11-9-15/h3-11,18H,12H2,1-2H3,(H,24,25). The molecule has 0 aliphatic rings. The summed E-state index contributed by atoms with van der Waals surface area (Å²) in [7, 11) is 0. The van der Waals surface area contributed by atoms with Crippen LogP contribution in [-0.4, -0.2) is 20.9 Å². The summed E-state index contributed by atoms with van der Waals surface area (Å²) in [4.78, 5) is 11.5. The van der Waals surface area contributed by atoms with E-state index >= 15 is 0 Å². The molecule has 0 bridgehead atoms. The van der Waals surface area contributed by atoms with E-state index in [1.54, 1.807) is 12.1 Å². The SMILES string of the molecule is Cc1nn(-c2ccccc2)c(C)c1C(CC(=O)O)c1ccc(Cl)cc1. The minimum Gasteiger partial charge on any atom is -0.481 e. The van der Waals surface area contributed by atoms with Gasteiger partial charge >= 0.3 is 5.97 Å². The molecule has 3 rings (SSSR count). The molecule has 3 aromatic rings. The van der Waals surface area contributed by atoms with Crippen LogP contribution in [0.2, 0.25) is 5.02 Å². The maximum absolute atomic E-state index is 11.5. The summed E-state index contributed by atoms with van der Waals surface area (Å²) in [5.41, 5.74) is 4.62. The van der Waals surface area contributed by atoms with Crippen molar-refractivity contribution in [2.45, 2.75) is 26.2 Å². The van der Waals surface area contributed by atoms with Gasteiger partial charge in [0.25, 0.3) is 0 Å². The number of carboxylic acid groups (broad SMARTS) is 1. The average Bonchev–Trinajstić information content (AvgIpc) is 2.89.